The standard InChI is InChI=1S/C21H19N5O4S/c1-3-11-25-20(15-7-9-18(10-8-15)26(29)30)23-24-21(25)31-13-19(28)22-17-6-4-5-16(12-17)14(2)27/h3-10,12H,1,11,13H2,2H3,(H,22,28). The van der Waals surface area contributed by atoms with E-state index in [4.69, 9.17) is 0 Å². The smallest absolute Gasteiger partial charge is 0.269 e. The third kappa shape index (κ3) is 5.43. The number of benzene rings is 2. The molecule has 0 fully saturated rings. The van der Waals surface area contributed by atoms with Gasteiger partial charge in [0.05, 0.1) is 10.7 Å². The van der Waals surface area contributed by atoms with Crippen molar-refractivity contribution in [3.63, 3.8) is 0 Å². The molecule has 0 spiro atoms. The first kappa shape index (κ1) is 21.9. The van der Waals surface area contributed by atoms with Gasteiger partial charge in [-0.25, -0.2) is 0 Å². The van der Waals surface area contributed by atoms with E-state index in [9.17, 15) is 19.7 Å². The van der Waals surface area contributed by atoms with Crippen LogP contribution in [0.3, 0.4) is 0 Å². The van der Waals surface area contributed by atoms with Crippen molar-refractivity contribution in [2.75, 3.05) is 11.1 Å². The number of nitrogens with one attached hydrogen (secondary N) is 1. The fourth-order valence-electron chi connectivity index (χ4n) is 2.78. The highest BCUT2D eigenvalue weighted by atomic mass is 32.2. The molecule has 0 aliphatic carbocycles. The number of hydrogen-bond acceptors (Lipinski definition) is 7. The summed E-state index contributed by atoms with van der Waals surface area (Å²) in [7, 11) is 0. The molecule has 0 saturated heterocycles. The van der Waals surface area contributed by atoms with E-state index < -0.39 is 4.92 Å². The van der Waals surface area contributed by atoms with Gasteiger partial charge in [-0.2, -0.15) is 0 Å². The molecule has 9 nitrogen and oxygen atoms in total. The van der Waals surface area contributed by atoms with Crippen molar-refractivity contribution in [2.24, 2.45) is 0 Å². The summed E-state index contributed by atoms with van der Waals surface area (Å²) in [6.45, 7) is 5.61. The summed E-state index contributed by atoms with van der Waals surface area (Å²) < 4.78 is 1.78. The maximum atomic E-state index is 12.4. The summed E-state index contributed by atoms with van der Waals surface area (Å²) in [5.41, 5.74) is 1.71. The predicted octanol–water partition coefficient (Wildman–Crippen LogP) is 3.97. The Labute approximate surface area is 182 Å². The van der Waals surface area contributed by atoms with Crippen molar-refractivity contribution in [3.8, 4) is 11.4 Å². The number of allylic oxidation sites excluding steroid dienone is 1. The van der Waals surface area contributed by atoms with Crippen LogP contribution in [0.2, 0.25) is 0 Å². The van der Waals surface area contributed by atoms with Gasteiger partial charge in [-0.3, -0.25) is 24.3 Å². The maximum absolute atomic E-state index is 12.4. The third-order valence-corrected chi connectivity index (χ3v) is 5.22. The molecule has 0 atom stereocenters. The number of nitrogens with zero attached hydrogens (tertiary/aromatic N) is 4. The number of anilines is 1. The van der Waals surface area contributed by atoms with Crippen LogP contribution in [0.1, 0.15) is 17.3 Å². The molecule has 1 heterocycles. The van der Waals surface area contributed by atoms with Gasteiger partial charge in [-0.1, -0.05) is 30.0 Å². The van der Waals surface area contributed by atoms with Crippen molar-refractivity contribution >= 4 is 34.8 Å². The van der Waals surface area contributed by atoms with Crippen LogP contribution in [0, 0.1) is 10.1 Å². The number of hydrogen-bond donors (Lipinski definition) is 1. The van der Waals surface area contributed by atoms with E-state index in [2.05, 4.69) is 22.1 Å². The molecule has 0 radical (unpaired) electrons. The minimum absolute atomic E-state index is 0.0151. The van der Waals surface area contributed by atoms with Gasteiger partial charge in [0.15, 0.2) is 16.8 Å². The van der Waals surface area contributed by atoms with Crippen LogP contribution < -0.4 is 5.32 Å². The number of non-ortho nitro benzene ring substituents is 1. The molecule has 2 aromatic carbocycles. The Morgan fingerprint density at radius 1 is 1.23 bits per heavy atom. The number of nitro groups is 1. The Morgan fingerprint density at radius 2 is 1.97 bits per heavy atom. The third-order valence-electron chi connectivity index (χ3n) is 4.25. The van der Waals surface area contributed by atoms with Crippen LogP contribution in [0.5, 0.6) is 0 Å². The van der Waals surface area contributed by atoms with Crippen molar-refractivity contribution in [2.45, 2.75) is 18.6 Å². The summed E-state index contributed by atoms with van der Waals surface area (Å²) in [6.07, 6.45) is 1.68. The molecule has 1 N–H and O–H groups in total. The normalized spacial score (nSPS) is 10.5. The Kier molecular flexibility index (Phi) is 6.93. The number of nitro benzene ring substituents is 1. The summed E-state index contributed by atoms with van der Waals surface area (Å²) in [5, 5.41) is 22.5. The molecule has 0 unspecified atom stereocenters. The molecular weight excluding hydrogens is 418 g/mol. The van der Waals surface area contributed by atoms with Crippen LogP contribution in [-0.2, 0) is 11.3 Å². The number of amides is 1. The zero-order valence-corrected chi connectivity index (χ0v) is 17.5. The lowest BCUT2D eigenvalue weighted by atomic mass is 10.1. The predicted molar refractivity (Wildman–Crippen MR) is 118 cm³/mol. The van der Waals surface area contributed by atoms with E-state index in [1.54, 1.807) is 47.0 Å². The van der Waals surface area contributed by atoms with E-state index in [1.165, 1.54) is 30.8 Å². The lowest BCUT2D eigenvalue weighted by Gasteiger charge is -2.08. The fraction of sp³-hybridized carbons (Fsp3) is 0.143. The summed E-state index contributed by atoms with van der Waals surface area (Å²) >= 11 is 1.20. The Bertz CT molecular complexity index is 1140. The number of Topliss-reactive ketones (excluding diaryl/α,β-unsaturated/α-hetero) is 1. The molecule has 0 aliphatic rings. The van der Waals surface area contributed by atoms with Crippen molar-refractivity contribution < 1.29 is 14.5 Å². The Morgan fingerprint density at radius 3 is 2.61 bits per heavy atom. The van der Waals surface area contributed by atoms with E-state index in [0.29, 0.717) is 34.3 Å². The number of thioether (sulfide) groups is 1. The second-order valence-corrected chi connectivity index (χ2v) is 7.43. The van der Waals surface area contributed by atoms with Gasteiger partial charge in [0.2, 0.25) is 5.91 Å². The van der Waals surface area contributed by atoms with E-state index in [-0.39, 0.29) is 23.1 Å². The van der Waals surface area contributed by atoms with Gasteiger partial charge in [0, 0.05) is 35.5 Å². The van der Waals surface area contributed by atoms with Crippen LogP contribution in [-0.4, -0.2) is 37.1 Å². The van der Waals surface area contributed by atoms with E-state index in [0.717, 1.165) is 0 Å². The number of carbonyl (C=O) groups excluding carboxylic acids is 2. The topological polar surface area (TPSA) is 120 Å². The number of carbonyl (C=O) groups is 2. The van der Waals surface area contributed by atoms with Crippen LogP contribution in [0.15, 0.2) is 66.3 Å². The maximum Gasteiger partial charge on any atom is 0.269 e. The SMILES string of the molecule is C=CCn1c(SCC(=O)Nc2cccc(C(C)=O)c2)nnc1-c1ccc([N+](=O)[O-])cc1. The zero-order chi connectivity index (χ0) is 22.4. The first-order chi connectivity index (χ1) is 14.9. The summed E-state index contributed by atoms with van der Waals surface area (Å²) in [5.74, 6) is 0.268. The molecule has 0 bridgehead atoms. The lowest BCUT2D eigenvalue weighted by molar-refractivity contribution is -0.384. The highest BCUT2D eigenvalue weighted by Gasteiger charge is 2.16. The molecule has 158 valence electrons. The van der Waals surface area contributed by atoms with Gasteiger partial charge >= 0.3 is 0 Å². The monoisotopic (exact) mass is 437 g/mol. The number of ketones is 1. The zero-order valence-electron chi connectivity index (χ0n) is 16.6. The van der Waals surface area contributed by atoms with Crippen molar-refractivity contribution in [3.05, 3.63) is 76.9 Å². The molecule has 1 amide bonds. The van der Waals surface area contributed by atoms with E-state index in [1.807, 2.05) is 0 Å². The lowest BCUT2D eigenvalue weighted by Crippen LogP contribution is -2.15. The second-order valence-electron chi connectivity index (χ2n) is 6.48. The summed E-state index contributed by atoms with van der Waals surface area (Å²) in [6, 6.07) is 12.7. The molecule has 31 heavy (non-hydrogen) atoms. The average Bonchev–Trinajstić information content (AvgIpc) is 3.15. The first-order valence-electron chi connectivity index (χ1n) is 9.21. The minimum Gasteiger partial charge on any atom is -0.325 e. The minimum atomic E-state index is -0.468. The molecular formula is C21H19N5O4S. The van der Waals surface area contributed by atoms with Gasteiger partial charge < -0.3 is 5.32 Å². The Balaban J connectivity index is 1.72. The van der Waals surface area contributed by atoms with Crippen molar-refractivity contribution in [1.82, 2.24) is 14.8 Å². The van der Waals surface area contributed by atoms with Gasteiger partial charge in [0.25, 0.3) is 5.69 Å². The molecule has 10 heteroatoms. The van der Waals surface area contributed by atoms with Gasteiger partial charge in [-0.05, 0) is 31.2 Å². The molecule has 3 aromatic rings. The quantitative estimate of drug-likeness (QED) is 0.177. The summed E-state index contributed by atoms with van der Waals surface area (Å²) in [4.78, 5) is 34.2. The van der Waals surface area contributed by atoms with Crippen LogP contribution in [0.4, 0.5) is 11.4 Å². The number of aromatic nitrogens is 3. The first-order valence-corrected chi connectivity index (χ1v) is 10.2. The van der Waals surface area contributed by atoms with Crippen LogP contribution >= 0.6 is 11.8 Å². The van der Waals surface area contributed by atoms with Crippen molar-refractivity contribution in [1.29, 1.82) is 0 Å². The molecule has 0 aliphatic heterocycles. The molecule has 0 saturated carbocycles. The fourth-order valence-corrected chi connectivity index (χ4v) is 3.53. The number of rotatable bonds is 9. The Hall–Kier alpha value is -3.79. The molecule has 3 rings (SSSR count). The average molecular weight is 437 g/mol. The van der Waals surface area contributed by atoms with Crippen LogP contribution in [0.25, 0.3) is 11.4 Å². The van der Waals surface area contributed by atoms with E-state index >= 15 is 0 Å². The van der Waals surface area contributed by atoms with Gasteiger partial charge in [-0.15, -0.1) is 16.8 Å². The molecule has 1 aromatic heterocycles. The highest BCUT2D eigenvalue weighted by Crippen LogP contribution is 2.26. The second kappa shape index (κ2) is 9.81. The van der Waals surface area contributed by atoms with Gasteiger partial charge in [0.1, 0.15) is 0 Å². The largest absolute Gasteiger partial charge is 0.325 e. The highest BCUT2D eigenvalue weighted by molar-refractivity contribution is 7.99.